The minimum absolute atomic E-state index is 0.236. The van der Waals surface area contributed by atoms with E-state index in [-0.39, 0.29) is 5.56 Å². The Bertz CT molecular complexity index is 557. The molecule has 0 spiro atoms. The van der Waals surface area contributed by atoms with Crippen LogP contribution < -0.4 is 4.74 Å². The highest BCUT2D eigenvalue weighted by Crippen LogP contribution is 2.20. The maximum absolute atomic E-state index is 10.8. The van der Waals surface area contributed by atoms with E-state index in [1.54, 1.807) is 36.7 Å². The lowest BCUT2D eigenvalue weighted by Crippen LogP contribution is -2.00. The second-order valence-electron chi connectivity index (χ2n) is 3.60. The number of carboxylic acids is 1. The first-order valence-corrected chi connectivity index (χ1v) is 6.00. The van der Waals surface area contributed by atoms with Crippen LogP contribution in [0.1, 0.15) is 15.9 Å². The van der Waals surface area contributed by atoms with Crippen molar-refractivity contribution in [1.29, 1.82) is 0 Å². The molecule has 0 aliphatic rings. The van der Waals surface area contributed by atoms with Gasteiger partial charge in [-0.15, -0.1) is 0 Å². The van der Waals surface area contributed by atoms with Crippen LogP contribution in [0.5, 0.6) is 5.75 Å². The van der Waals surface area contributed by atoms with E-state index in [1.807, 2.05) is 6.07 Å². The van der Waals surface area contributed by atoms with Crippen LogP contribution in [0, 0.1) is 0 Å². The van der Waals surface area contributed by atoms with Gasteiger partial charge in [-0.3, -0.25) is 4.98 Å². The molecule has 1 aromatic carbocycles. The lowest BCUT2D eigenvalue weighted by molar-refractivity contribution is 0.0696. The smallest absolute Gasteiger partial charge is 0.336 e. The first-order chi connectivity index (χ1) is 8.66. The van der Waals surface area contributed by atoms with E-state index in [2.05, 4.69) is 20.9 Å². The summed E-state index contributed by atoms with van der Waals surface area (Å²) in [4.78, 5) is 14.8. The van der Waals surface area contributed by atoms with Gasteiger partial charge in [-0.05, 0) is 45.8 Å². The summed E-state index contributed by atoms with van der Waals surface area (Å²) in [6.07, 6.45) is 3.30. The van der Waals surface area contributed by atoms with E-state index >= 15 is 0 Å². The predicted octanol–water partition coefficient (Wildman–Crippen LogP) is 3.12. The van der Waals surface area contributed by atoms with Crippen molar-refractivity contribution in [2.45, 2.75) is 6.61 Å². The molecule has 2 aromatic rings. The molecule has 18 heavy (non-hydrogen) atoms. The zero-order chi connectivity index (χ0) is 13.0. The average molecular weight is 308 g/mol. The molecule has 1 aromatic heterocycles. The van der Waals surface area contributed by atoms with E-state index < -0.39 is 5.97 Å². The molecular formula is C13H10BrNO3. The number of halogens is 1. The van der Waals surface area contributed by atoms with Gasteiger partial charge in [-0.2, -0.15) is 0 Å². The first-order valence-electron chi connectivity index (χ1n) is 5.21. The largest absolute Gasteiger partial charge is 0.487 e. The standard InChI is InChI=1S/C13H10BrNO3/c14-12-6-9(3-4-11(12)13(16)17)8-18-10-2-1-5-15-7-10/h1-7H,8H2,(H,16,17). The van der Waals surface area contributed by atoms with Crippen molar-refractivity contribution in [3.8, 4) is 5.75 Å². The average Bonchev–Trinajstić information content (AvgIpc) is 2.37. The Morgan fingerprint density at radius 1 is 1.39 bits per heavy atom. The highest BCUT2D eigenvalue weighted by molar-refractivity contribution is 9.10. The number of carbonyl (C=O) groups is 1. The number of pyridine rings is 1. The summed E-state index contributed by atoms with van der Waals surface area (Å²) < 4.78 is 6.06. The molecule has 0 fully saturated rings. The lowest BCUT2D eigenvalue weighted by atomic mass is 10.1. The van der Waals surface area contributed by atoms with Gasteiger partial charge in [0.1, 0.15) is 12.4 Å². The van der Waals surface area contributed by atoms with Crippen molar-refractivity contribution >= 4 is 21.9 Å². The summed E-state index contributed by atoms with van der Waals surface area (Å²) in [5.41, 5.74) is 1.12. The molecule has 2 rings (SSSR count). The van der Waals surface area contributed by atoms with Gasteiger partial charge in [0.25, 0.3) is 0 Å². The molecule has 0 radical (unpaired) electrons. The van der Waals surface area contributed by atoms with Crippen molar-refractivity contribution in [2.75, 3.05) is 0 Å². The number of hydrogen-bond donors (Lipinski definition) is 1. The lowest BCUT2D eigenvalue weighted by Gasteiger charge is -2.07. The van der Waals surface area contributed by atoms with Gasteiger partial charge in [0.2, 0.25) is 0 Å². The fourth-order valence-corrected chi connectivity index (χ4v) is 2.02. The molecule has 4 nitrogen and oxygen atoms in total. The number of aromatic carboxylic acids is 1. The topological polar surface area (TPSA) is 59.4 Å². The van der Waals surface area contributed by atoms with Gasteiger partial charge in [0.15, 0.2) is 0 Å². The quantitative estimate of drug-likeness (QED) is 0.943. The van der Waals surface area contributed by atoms with Crippen LogP contribution in [0.4, 0.5) is 0 Å². The molecule has 0 saturated heterocycles. The second kappa shape index (κ2) is 5.64. The minimum Gasteiger partial charge on any atom is -0.487 e. The Morgan fingerprint density at radius 2 is 2.22 bits per heavy atom. The van der Waals surface area contributed by atoms with Gasteiger partial charge in [-0.1, -0.05) is 6.07 Å². The molecule has 0 amide bonds. The van der Waals surface area contributed by atoms with E-state index in [0.29, 0.717) is 16.8 Å². The number of nitrogens with zero attached hydrogens (tertiary/aromatic N) is 1. The van der Waals surface area contributed by atoms with Gasteiger partial charge in [0.05, 0.1) is 11.8 Å². The third-order valence-electron chi connectivity index (χ3n) is 2.30. The summed E-state index contributed by atoms with van der Waals surface area (Å²) in [5.74, 6) is -0.280. The minimum atomic E-state index is -0.957. The first kappa shape index (κ1) is 12.6. The molecule has 0 atom stereocenters. The Hall–Kier alpha value is -1.88. The highest BCUT2D eigenvalue weighted by atomic mass is 79.9. The fourth-order valence-electron chi connectivity index (χ4n) is 1.42. The predicted molar refractivity (Wildman–Crippen MR) is 69.7 cm³/mol. The van der Waals surface area contributed by atoms with Crippen molar-refractivity contribution in [1.82, 2.24) is 4.98 Å². The highest BCUT2D eigenvalue weighted by Gasteiger charge is 2.08. The van der Waals surface area contributed by atoms with Crippen LogP contribution in [0.25, 0.3) is 0 Å². The second-order valence-corrected chi connectivity index (χ2v) is 4.45. The summed E-state index contributed by atoms with van der Waals surface area (Å²) in [6, 6.07) is 8.62. The number of rotatable bonds is 4. The molecular weight excluding hydrogens is 298 g/mol. The Labute approximate surface area is 112 Å². The molecule has 0 aliphatic heterocycles. The van der Waals surface area contributed by atoms with Crippen LogP contribution >= 0.6 is 15.9 Å². The van der Waals surface area contributed by atoms with Crippen LogP contribution in [-0.2, 0) is 6.61 Å². The number of carboxylic acid groups (broad SMARTS) is 1. The van der Waals surface area contributed by atoms with Crippen LogP contribution in [-0.4, -0.2) is 16.1 Å². The van der Waals surface area contributed by atoms with Crippen LogP contribution in [0.2, 0.25) is 0 Å². The molecule has 0 saturated carbocycles. The number of hydrogen-bond acceptors (Lipinski definition) is 3. The fraction of sp³-hybridized carbons (Fsp3) is 0.0769. The van der Waals surface area contributed by atoms with E-state index in [4.69, 9.17) is 9.84 Å². The summed E-state index contributed by atoms with van der Waals surface area (Å²) in [7, 11) is 0. The Kier molecular flexibility index (Phi) is 3.94. The Morgan fingerprint density at radius 3 is 2.83 bits per heavy atom. The van der Waals surface area contributed by atoms with Crippen LogP contribution in [0.15, 0.2) is 47.2 Å². The van der Waals surface area contributed by atoms with Crippen molar-refractivity contribution < 1.29 is 14.6 Å². The van der Waals surface area contributed by atoms with Gasteiger partial charge in [0, 0.05) is 10.7 Å². The number of aromatic nitrogens is 1. The molecule has 92 valence electrons. The zero-order valence-corrected chi connectivity index (χ0v) is 10.9. The van der Waals surface area contributed by atoms with Gasteiger partial charge >= 0.3 is 5.97 Å². The number of benzene rings is 1. The van der Waals surface area contributed by atoms with E-state index in [9.17, 15) is 4.79 Å². The number of ether oxygens (including phenoxy) is 1. The maximum atomic E-state index is 10.8. The Balaban J connectivity index is 2.07. The zero-order valence-electron chi connectivity index (χ0n) is 9.34. The van der Waals surface area contributed by atoms with E-state index in [0.717, 1.165) is 5.56 Å². The third kappa shape index (κ3) is 3.07. The van der Waals surface area contributed by atoms with Gasteiger partial charge in [-0.25, -0.2) is 4.79 Å². The molecule has 0 bridgehead atoms. The maximum Gasteiger partial charge on any atom is 0.336 e. The van der Waals surface area contributed by atoms with Crippen LogP contribution in [0.3, 0.4) is 0 Å². The van der Waals surface area contributed by atoms with Gasteiger partial charge < -0.3 is 9.84 Å². The molecule has 0 aliphatic carbocycles. The molecule has 1 heterocycles. The summed E-state index contributed by atoms with van der Waals surface area (Å²) in [5, 5.41) is 8.89. The molecule has 0 unspecified atom stereocenters. The van der Waals surface area contributed by atoms with Crippen molar-refractivity contribution in [2.24, 2.45) is 0 Å². The molecule has 1 N–H and O–H groups in total. The SMILES string of the molecule is O=C(O)c1ccc(COc2cccnc2)cc1Br. The third-order valence-corrected chi connectivity index (χ3v) is 2.96. The van der Waals surface area contributed by atoms with Crippen molar-refractivity contribution in [3.63, 3.8) is 0 Å². The molecule has 5 heteroatoms. The van der Waals surface area contributed by atoms with E-state index in [1.165, 1.54) is 0 Å². The van der Waals surface area contributed by atoms with Crippen molar-refractivity contribution in [3.05, 3.63) is 58.3 Å². The summed E-state index contributed by atoms with van der Waals surface area (Å²) in [6.45, 7) is 0.365. The monoisotopic (exact) mass is 307 g/mol. The normalized spacial score (nSPS) is 10.1. The summed E-state index contributed by atoms with van der Waals surface area (Å²) >= 11 is 3.23.